The van der Waals surface area contributed by atoms with Crippen molar-refractivity contribution in [1.29, 1.82) is 0 Å². The Hall–Kier alpha value is -1.18. The molecule has 7 nitrogen and oxygen atoms in total. The molecular formula is C9H14ClN3O4. The molecule has 0 N–H and O–H groups in total. The molecule has 0 aliphatic heterocycles. The van der Waals surface area contributed by atoms with Crippen LogP contribution in [-0.4, -0.2) is 41.6 Å². The zero-order chi connectivity index (χ0) is 12.7. The summed E-state index contributed by atoms with van der Waals surface area (Å²) in [7, 11) is 1.63. The summed E-state index contributed by atoms with van der Waals surface area (Å²) in [6, 6.07) is 0. The van der Waals surface area contributed by atoms with Crippen molar-refractivity contribution in [2.75, 3.05) is 26.9 Å². The Labute approximate surface area is 103 Å². The monoisotopic (exact) mass is 263 g/mol. The first kappa shape index (κ1) is 13.9. The molecule has 0 saturated carbocycles. The minimum absolute atomic E-state index is 0.0365. The predicted molar refractivity (Wildman–Crippen MR) is 61.2 cm³/mol. The van der Waals surface area contributed by atoms with Crippen LogP contribution in [0.2, 0.25) is 5.02 Å². The molecule has 0 bridgehead atoms. The molecule has 0 atom stereocenters. The molecule has 0 aliphatic carbocycles. The van der Waals surface area contributed by atoms with Crippen molar-refractivity contribution in [2.24, 2.45) is 0 Å². The summed E-state index contributed by atoms with van der Waals surface area (Å²) in [6.07, 6.45) is 2.23. The van der Waals surface area contributed by atoms with Gasteiger partial charge in [-0.15, -0.1) is 0 Å². The molecule has 0 unspecified atom stereocenters. The molecule has 8 heteroatoms. The Balaban J connectivity index is 2.27. The molecule has 1 heterocycles. The van der Waals surface area contributed by atoms with E-state index in [1.807, 2.05) is 0 Å². The van der Waals surface area contributed by atoms with Gasteiger partial charge in [-0.3, -0.25) is 0 Å². The second-order valence-electron chi connectivity index (χ2n) is 3.28. The highest BCUT2D eigenvalue weighted by atomic mass is 35.5. The normalized spacial score (nSPS) is 10.7. The highest BCUT2D eigenvalue weighted by Gasteiger charge is 2.18. The number of nitrogens with zero attached hydrogens (tertiary/aromatic N) is 3. The van der Waals surface area contributed by atoms with Crippen LogP contribution in [0.4, 0.5) is 5.82 Å². The summed E-state index contributed by atoms with van der Waals surface area (Å²) in [5.41, 5.74) is 0. The van der Waals surface area contributed by atoms with Gasteiger partial charge in [-0.2, -0.15) is 4.68 Å². The van der Waals surface area contributed by atoms with Crippen molar-refractivity contribution in [3.8, 4) is 0 Å². The maximum absolute atomic E-state index is 10.5. The van der Waals surface area contributed by atoms with Gasteiger partial charge >= 0.3 is 5.82 Å². The van der Waals surface area contributed by atoms with Crippen molar-refractivity contribution in [2.45, 2.75) is 13.0 Å². The predicted octanol–water partition coefficient (Wildman–Crippen LogP) is 1.50. The van der Waals surface area contributed by atoms with Crippen molar-refractivity contribution >= 4 is 17.4 Å². The summed E-state index contributed by atoms with van der Waals surface area (Å²) in [4.78, 5) is 9.87. The molecule has 96 valence electrons. The van der Waals surface area contributed by atoms with Crippen molar-refractivity contribution < 1.29 is 14.4 Å². The van der Waals surface area contributed by atoms with Crippen molar-refractivity contribution in [1.82, 2.24) is 9.78 Å². The van der Waals surface area contributed by atoms with E-state index >= 15 is 0 Å². The van der Waals surface area contributed by atoms with Gasteiger partial charge in [-0.05, 0) is 11.3 Å². The maximum Gasteiger partial charge on any atom is 0.408 e. The van der Waals surface area contributed by atoms with E-state index in [0.29, 0.717) is 26.4 Å². The number of aromatic nitrogens is 2. The van der Waals surface area contributed by atoms with Crippen LogP contribution in [0.15, 0.2) is 6.20 Å². The molecular weight excluding hydrogens is 250 g/mol. The third-order valence-electron chi connectivity index (χ3n) is 1.97. The van der Waals surface area contributed by atoms with E-state index in [9.17, 15) is 10.1 Å². The van der Waals surface area contributed by atoms with Gasteiger partial charge in [-0.1, -0.05) is 11.6 Å². The lowest BCUT2D eigenvalue weighted by Crippen LogP contribution is -2.08. The highest BCUT2D eigenvalue weighted by Crippen LogP contribution is 2.20. The molecule has 0 aromatic carbocycles. The van der Waals surface area contributed by atoms with Crippen LogP contribution in [0.5, 0.6) is 0 Å². The Morgan fingerprint density at radius 2 is 2.29 bits per heavy atom. The van der Waals surface area contributed by atoms with E-state index < -0.39 is 4.92 Å². The van der Waals surface area contributed by atoms with Crippen molar-refractivity contribution in [3.05, 3.63) is 21.3 Å². The van der Waals surface area contributed by atoms with E-state index in [4.69, 9.17) is 21.1 Å². The maximum atomic E-state index is 10.5. The number of ether oxygens (including phenoxy) is 2. The van der Waals surface area contributed by atoms with Gasteiger partial charge < -0.3 is 19.6 Å². The lowest BCUT2D eigenvalue weighted by atomic mass is 10.5. The Bertz CT molecular complexity index is 369. The number of nitro groups is 1. The zero-order valence-corrected chi connectivity index (χ0v) is 10.2. The standard InChI is InChI=1S/C9H14ClN3O4/c1-16-4-2-5-17-6-3-12-7-8(10)9(11-12)13(14)15/h7H,2-6H2,1H3. The fourth-order valence-electron chi connectivity index (χ4n) is 1.19. The first-order valence-corrected chi connectivity index (χ1v) is 5.47. The number of methoxy groups -OCH3 is 1. The topological polar surface area (TPSA) is 79.4 Å². The van der Waals surface area contributed by atoms with Crippen LogP contribution in [0, 0.1) is 10.1 Å². The lowest BCUT2D eigenvalue weighted by Gasteiger charge is -2.01. The Morgan fingerprint density at radius 3 is 2.88 bits per heavy atom. The quantitative estimate of drug-likeness (QED) is 0.403. The molecule has 1 rings (SSSR count). The molecule has 1 aromatic heterocycles. The summed E-state index contributed by atoms with van der Waals surface area (Å²) >= 11 is 5.64. The van der Waals surface area contributed by atoms with Crippen LogP contribution >= 0.6 is 11.6 Å². The fourth-order valence-corrected chi connectivity index (χ4v) is 1.41. The Morgan fingerprint density at radius 1 is 1.53 bits per heavy atom. The molecule has 1 aromatic rings. The van der Waals surface area contributed by atoms with Gasteiger partial charge in [0, 0.05) is 20.3 Å². The average Bonchev–Trinajstić information content (AvgIpc) is 2.65. The highest BCUT2D eigenvalue weighted by molar-refractivity contribution is 6.32. The minimum atomic E-state index is -0.613. The largest absolute Gasteiger partial charge is 0.408 e. The lowest BCUT2D eigenvalue weighted by molar-refractivity contribution is -0.389. The third-order valence-corrected chi connectivity index (χ3v) is 2.24. The summed E-state index contributed by atoms with van der Waals surface area (Å²) in [5, 5.41) is 14.2. The van der Waals surface area contributed by atoms with Crippen LogP contribution < -0.4 is 0 Å². The van der Waals surface area contributed by atoms with Crippen LogP contribution in [0.1, 0.15) is 6.42 Å². The first-order chi connectivity index (χ1) is 8.15. The molecule has 0 aliphatic rings. The molecule has 0 fully saturated rings. The molecule has 17 heavy (non-hydrogen) atoms. The third kappa shape index (κ3) is 4.68. The van der Waals surface area contributed by atoms with Crippen molar-refractivity contribution in [3.63, 3.8) is 0 Å². The summed E-state index contributed by atoms with van der Waals surface area (Å²) in [6.45, 7) is 2.10. The zero-order valence-electron chi connectivity index (χ0n) is 9.47. The van der Waals surface area contributed by atoms with E-state index in [-0.39, 0.29) is 10.8 Å². The van der Waals surface area contributed by atoms with Gasteiger partial charge in [-0.25, -0.2) is 0 Å². The summed E-state index contributed by atoms with van der Waals surface area (Å²) < 4.78 is 11.6. The minimum Gasteiger partial charge on any atom is -0.385 e. The SMILES string of the molecule is COCCCOCCn1cc(Cl)c([N+](=O)[O-])n1. The van der Waals surface area contributed by atoms with Crippen LogP contribution in [0.3, 0.4) is 0 Å². The number of halogens is 1. The summed E-state index contributed by atoms with van der Waals surface area (Å²) in [5.74, 6) is -0.328. The number of hydrogen-bond acceptors (Lipinski definition) is 5. The van der Waals surface area contributed by atoms with Gasteiger partial charge in [0.15, 0.2) is 5.02 Å². The Kier molecular flexibility index (Phi) is 5.88. The van der Waals surface area contributed by atoms with Gasteiger partial charge in [0.1, 0.15) is 0 Å². The fraction of sp³-hybridized carbons (Fsp3) is 0.667. The van der Waals surface area contributed by atoms with E-state index in [1.54, 1.807) is 7.11 Å². The molecule has 0 spiro atoms. The average molecular weight is 264 g/mol. The molecule has 0 amide bonds. The first-order valence-electron chi connectivity index (χ1n) is 5.09. The van der Waals surface area contributed by atoms with Crippen LogP contribution in [-0.2, 0) is 16.0 Å². The molecule has 0 radical (unpaired) electrons. The second-order valence-corrected chi connectivity index (χ2v) is 3.69. The second kappa shape index (κ2) is 7.21. The van der Waals surface area contributed by atoms with E-state index in [2.05, 4.69) is 5.10 Å². The smallest absolute Gasteiger partial charge is 0.385 e. The van der Waals surface area contributed by atoms with Crippen LogP contribution in [0.25, 0.3) is 0 Å². The van der Waals surface area contributed by atoms with E-state index in [0.717, 1.165) is 6.42 Å². The molecule has 0 saturated heterocycles. The number of hydrogen-bond donors (Lipinski definition) is 0. The van der Waals surface area contributed by atoms with Gasteiger partial charge in [0.25, 0.3) is 0 Å². The van der Waals surface area contributed by atoms with Gasteiger partial charge in [0.05, 0.1) is 24.4 Å². The van der Waals surface area contributed by atoms with Gasteiger partial charge in [0.2, 0.25) is 0 Å². The van der Waals surface area contributed by atoms with E-state index in [1.165, 1.54) is 10.9 Å². The number of rotatable bonds is 8.